The van der Waals surface area contributed by atoms with E-state index in [2.05, 4.69) is 17.1 Å². The Morgan fingerprint density at radius 1 is 1.32 bits per heavy atom. The van der Waals surface area contributed by atoms with Crippen LogP contribution in [0.5, 0.6) is 0 Å². The monoisotopic (exact) mass is 344 g/mol. The fourth-order valence-corrected chi connectivity index (χ4v) is 4.36. The summed E-state index contributed by atoms with van der Waals surface area (Å²) in [7, 11) is 0. The third-order valence-corrected chi connectivity index (χ3v) is 6.34. The van der Waals surface area contributed by atoms with Crippen molar-refractivity contribution in [3.05, 3.63) is 35.4 Å². The van der Waals surface area contributed by atoms with Crippen molar-refractivity contribution < 1.29 is 14.6 Å². The topological polar surface area (TPSA) is 61.8 Å². The van der Waals surface area contributed by atoms with E-state index in [4.69, 9.17) is 9.84 Å². The molecule has 0 bridgehead atoms. The first-order valence-corrected chi connectivity index (χ1v) is 9.54. The molecule has 4 rings (SSSR count). The first-order valence-electron chi connectivity index (χ1n) is 9.54. The third-order valence-electron chi connectivity index (χ3n) is 6.34. The summed E-state index contributed by atoms with van der Waals surface area (Å²) in [6.45, 7) is 6.11. The first-order chi connectivity index (χ1) is 12.1. The minimum atomic E-state index is -0.867. The molecule has 0 radical (unpaired) electrons. The number of piperidine rings is 1. The van der Waals surface area contributed by atoms with Crippen LogP contribution in [0, 0.1) is 5.92 Å². The molecule has 1 saturated carbocycles. The van der Waals surface area contributed by atoms with Crippen molar-refractivity contribution in [3.63, 3.8) is 0 Å². The van der Waals surface area contributed by atoms with Crippen molar-refractivity contribution in [3.8, 4) is 0 Å². The Balaban J connectivity index is 1.27. The molecule has 1 aromatic carbocycles. The molecule has 2 N–H and O–H groups in total. The summed E-state index contributed by atoms with van der Waals surface area (Å²) < 4.78 is 6.06. The number of aromatic carboxylic acids is 1. The van der Waals surface area contributed by atoms with Gasteiger partial charge in [0.25, 0.3) is 0 Å². The smallest absolute Gasteiger partial charge is 0.335 e. The van der Waals surface area contributed by atoms with Crippen LogP contribution in [-0.4, -0.2) is 53.4 Å². The normalized spacial score (nSPS) is 30.8. The second-order valence-corrected chi connectivity index (χ2v) is 7.88. The number of carbonyl (C=O) groups is 1. The number of nitrogens with zero attached hydrogens (tertiary/aromatic N) is 1. The molecule has 1 aliphatic carbocycles. The Kier molecular flexibility index (Phi) is 4.56. The van der Waals surface area contributed by atoms with E-state index in [0.717, 1.165) is 51.0 Å². The average molecular weight is 344 g/mol. The maximum Gasteiger partial charge on any atom is 0.335 e. The zero-order valence-electron chi connectivity index (χ0n) is 14.9. The molecular formula is C20H28N2O3. The van der Waals surface area contributed by atoms with Gasteiger partial charge in [-0.3, -0.25) is 4.90 Å². The van der Waals surface area contributed by atoms with Gasteiger partial charge in [-0.1, -0.05) is 25.5 Å². The fraction of sp³-hybridized carbons (Fsp3) is 0.650. The van der Waals surface area contributed by atoms with Crippen molar-refractivity contribution >= 4 is 5.97 Å². The van der Waals surface area contributed by atoms with Gasteiger partial charge in [-0.05, 0) is 42.9 Å². The highest BCUT2D eigenvalue weighted by molar-refractivity contribution is 5.87. The number of rotatable bonds is 6. The van der Waals surface area contributed by atoms with Crippen LogP contribution in [-0.2, 0) is 11.3 Å². The van der Waals surface area contributed by atoms with Crippen molar-refractivity contribution in [2.45, 2.75) is 56.8 Å². The number of benzene rings is 1. The Labute approximate surface area is 149 Å². The fourth-order valence-electron chi connectivity index (χ4n) is 4.36. The van der Waals surface area contributed by atoms with Gasteiger partial charge in [-0.15, -0.1) is 0 Å². The zero-order chi connectivity index (χ0) is 17.4. The van der Waals surface area contributed by atoms with Crippen molar-refractivity contribution in [1.29, 1.82) is 0 Å². The maximum atomic E-state index is 10.9. The molecule has 2 heterocycles. The van der Waals surface area contributed by atoms with Crippen LogP contribution in [0.2, 0.25) is 0 Å². The van der Waals surface area contributed by atoms with Crippen LogP contribution in [0.3, 0.4) is 0 Å². The maximum absolute atomic E-state index is 10.9. The van der Waals surface area contributed by atoms with E-state index in [0.29, 0.717) is 11.6 Å². The number of carboxylic acids is 1. The quantitative estimate of drug-likeness (QED) is 0.830. The molecule has 3 aliphatic rings. The van der Waals surface area contributed by atoms with Gasteiger partial charge in [-0.2, -0.15) is 0 Å². The number of ether oxygens (including phenoxy) is 1. The summed E-state index contributed by atoms with van der Waals surface area (Å²) >= 11 is 0. The predicted octanol–water partition coefficient (Wildman–Crippen LogP) is 2.51. The van der Waals surface area contributed by atoms with Crippen molar-refractivity contribution in [2.75, 3.05) is 19.7 Å². The molecule has 2 saturated heterocycles. The molecule has 136 valence electrons. The summed E-state index contributed by atoms with van der Waals surface area (Å²) in [5.41, 5.74) is 1.59. The highest BCUT2D eigenvalue weighted by atomic mass is 16.5. The molecule has 5 heteroatoms. The number of carboxylic acid groups (broad SMARTS) is 1. The summed E-state index contributed by atoms with van der Waals surface area (Å²) in [6.07, 6.45) is 4.79. The van der Waals surface area contributed by atoms with Crippen LogP contribution in [0.1, 0.15) is 48.5 Å². The molecule has 1 unspecified atom stereocenters. The standard InChI is InChI=1S/C20H28N2O3/c1-2-15-11-17(15)21-18-13-25-20(18)7-9-22(10-8-20)12-14-3-5-16(6-4-14)19(23)24/h3-6,15,17-18,21H,2,7-13H2,1H3,(H,23,24)/t15-,17-,18?/m1/s1. The second kappa shape index (κ2) is 6.71. The second-order valence-electron chi connectivity index (χ2n) is 7.88. The van der Waals surface area contributed by atoms with Gasteiger partial charge in [0, 0.05) is 25.7 Å². The number of hydrogen-bond acceptors (Lipinski definition) is 4. The summed E-state index contributed by atoms with van der Waals surface area (Å²) in [4.78, 5) is 13.4. The van der Waals surface area contributed by atoms with E-state index in [9.17, 15) is 4.79 Å². The lowest BCUT2D eigenvalue weighted by atomic mass is 9.80. The molecule has 2 aliphatic heterocycles. The van der Waals surface area contributed by atoms with Gasteiger partial charge >= 0.3 is 5.97 Å². The van der Waals surface area contributed by atoms with Gasteiger partial charge in [0.2, 0.25) is 0 Å². The van der Waals surface area contributed by atoms with Crippen LogP contribution < -0.4 is 5.32 Å². The van der Waals surface area contributed by atoms with E-state index < -0.39 is 5.97 Å². The minimum Gasteiger partial charge on any atom is -0.478 e. The first kappa shape index (κ1) is 17.0. The summed E-state index contributed by atoms with van der Waals surface area (Å²) in [5.74, 6) is 0.0135. The van der Waals surface area contributed by atoms with Crippen LogP contribution in [0.15, 0.2) is 24.3 Å². The lowest BCUT2D eigenvalue weighted by Gasteiger charge is -2.53. The van der Waals surface area contributed by atoms with E-state index >= 15 is 0 Å². The van der Waals surface area contributed by atoms with Gasteiger partial charge in [0.1, 0.15) is 0 Å². The molecule has 5 nitrogen and oxygen atoms in total. The molecule has 0 amide bonds. The van der Waals surface area contributed by atoms with Gasteiger partial charge in [0.05, 0.1) is 23.8 Å². The Morgan fingerprint density at radius 3 is 2.56 bits per heavy atom. The number of nitrogens with one attached hydrogen (secondary N) is 1. The Morgan fingerprint density at radius 2 is 2.04 bits per heavy atom. The largest absolute Gasteiger partial charge is 0.478 e. The van der Waals surface area contributed by atoms with Crippen molar-refractivity contribution in [2.24, 2.45) is 5.92 Å². The highest BCUT2D eigenvalue weighted by Gasteiger charge is 2.52. The van der Waals surface area contributed by atoms with Gasteiger partial charge in [0.15, 0.2) is 0 Å². The Bertz CT molecular complexity index is 622. The molecule has 0 aromatic heterocycles. The molecule has 25 heavy (non-hydrogen) atoms. The van der Waals surface area contributed by atoms with Gasteiger partial charge < -0.3 is 15.2 Å². The summed E-state index contributed by atoms with van der Waals surface area (Å²) in [5, 5.41) is 12.8. The van der Waals surface area contributed by atoms with Crippen molar-refractivity contribution in [1.82, 2.24) is 10.2 Å². The van der Waals surface area contributed by atoms with E-state index in [1.165, 1.54) is 18.4 Å². The minimum absolute atomic E-state index is 0.0601. The molecule has 3 fully saturated rings. The zero-order valence-corrected chi connectivity index (χ0v) is 14.9. The number of hydrogen-bond donors (Lipinski definition) is 2. The third kappa shape index (κ3) is 3.46. The molecule has 1 aromatic rings. The van der Waals surface area contributed by atoms with Crippen LogP contribution in [0.4, 0.5) is 0 Å². The average Bonchev–Trinajstić information content (AvgIpc) is 3.38. The van der Waals surface area contributed by atoms with E-state index in [-0.39, 0.29) is 5.60 Å². The lowest BCUT2D eigenvalue weighted by molar-refractivity contribution is -0.201. The van der Waals surface area contributed by atoms with E-state index in [1.807, 2.05) is 12.1 Å². The highest BCUT2D eigenvalue weighted by Crippen LogP contribution is 2.41. The van der Waals surface area contributed by atoms with Crippen LogP contribution in [0.25, 0.3) is 0 Å². The van der Waals surface area contributed by atoms with Crippen LogP contribution >= 0.6 is 0 Å². The Hall–Kier alpha value is -1.43. The molecule has 3 atom stereocenters. The SMILES string of the molecule is CC[C@@H]1C[C@H]1NC1COC12CCN(Cc1ccc(C(=O)O)cc1)CC2. The summed E-state index contributed by atoms with van der Waals surface area (Å²) in [6, 6.07) is 8.49. The van der Waals surface area contributed by atoms with E-state index in [1.54, 1.807) is 12.1 Å². The predicted molar refractivity (Wildman–Crippen MR) is 95.7 cm³/mol. The number of likely N-dealkylation sites (tertiary alicyclic amines) is 1. The molecular weight excluding hydrogens is 316 g/mol. The molecule has 1 spiro atoms. The van der Waals surface area contributed by atoms with Gasteiger partial charge in [-0.25, -0.2) is 4.79 Å². The lowest BCUT2D eigenvalue weighted by Crippen LogP contribution is -2.68.